The van der Waals surface area contributed by atoms with Crippen molar-refractivity contribution in [2.24, 2.45) is 0 Å². The van der Waals surface area contributed by atoms with Gasteiger partial charge in [-0.2, -0.15) is 0 Å². The summed E-state index contributed by atoms with van der Waals surface area (Å²) in [5.41, 5.74) is 1.50. The van der Waals surface area contributed by atoms with E-state index in [1.165, 1.54) is 21.3 Å². The number of ether oxygens (including phenoxy) is 4. The molecule has 0 radical (unpaired) electrons. The van der Waals surface area contributed by atoms with Crippen LogP contribution in [0.15, 0.2) is 47.0 Å². The molecular weight excluding hydrogens is 398 g/mol. The summed E-state index contributed by atoms with van der Waals surface area (Å²) in [5.74, 6) is 1.82. The zero-order valence-electron chi connectivity index (χ0n) is 16.2. The molecule has 0 unspecified atom stereocenters. The minimum Gasteiger partial charge on any atom is -0.493 e. The van der Waals surface area contributed by atoms with E-state index in [4.69, 9.17) is 35.0 Å². The minimum absolute atomic E-state index is 0.0292. The maximum atomic E-state index is 12.2. The summed E-state index contributed by atoms with van der Waals surface area (Å²) in [6.45, 7) is -0.0726. The van der Waals surface area contributed by atoms with E-state index in [0.29, 0.717) is 39.5 Å². The van der Waals surface area contributed by atoms with Gasteiger partial charge in [0.2, 0.25) is 11.6 Å². The molecule has 3 aromatic rings. The van der Waals surface area contributed by atoms with Crippen LogP contribution in [0.1, 0.15) is 11.5 Å². The summed E-state index contributed by atoms with van der Waals surface area (Å²) < 4.78 is 26.8. The number of hydrogen-bond donors (Lipinski definition) is 0. The molecule has 0 amide bonds. The van der Waals surface area contributed by atoms with Gasteiger partial charge in [0.15, 0.2) is 23.9 Å². The molecule has 0 spiro atoms. The third-order valence-corrected chi connectivity index (χ3v) is 4.36. The lowest BCUT2D eigenvalue weighted by atomic mass is 10.1. The van der Waals surface area contributed by atoms with Gasteiger partial charge in [-0.15, -0.1) is 0 Å². The lowest BCUT2D eigenvalue weighted by Crippen LogP contribution is -2.09. The fraction of sp³-hybridized carbons (Fsp3) is 0.238. The molecule has 0 aliphatic heterocycles. The van der Waals surface area contributed by atoms with E-state index in [1.54, 1.807) is 30.5 Å². The van der Waals surface area contributed by atoms with Gasteiger partial charge >= 0.3 is 5.97 Å². The third kappa shape index (κ3) is 5.00. The molecule has 0 N–H and O–H groups in total. The predicted octanol–water partition coefficient (Wildman–Crippen LogP) is 4.31. The maximum Gasteiger partial charge on any atom is 0.310 e. The SMILES string of the molecule is COc1cc(CC(=O)OCc2ncc(-c3ccc(Cl)cc3)o2)cc(OC)c1OC. The van der Waals surface area contributed by atoms with Crippen LogP contribution in [-0.4, -0.2) is 32.3 Å². The number of rotatable bonds is 8. The normalized spacial score (nSPS) is 10.5. The van der Waals surface area contributed by atoms with Gasteiger partial charge in [-0.1, -0.05) is 11.6 Å². The van der Waals surface area contributed by atoms with E-state index in [-0.39, 0.29) is 13.0 Å². The van der Waals surface area contributed by atoms with Crippen LogP contribution in [0.4, 0.5) is 0 Å². The van der Waals surface area contributed by atoms with Crippen LogP contribution in [0.5, 0.6) is 17.2 Å². The first-order valence-corrected chi connectivity index (χ1v) is 9.07. The first-order valence-electron chi connectivity index (χ1n) is 8.69. The summed E-state index contributed by atoms with van der Waals surface area (Å²) in [7, 11) is 4.55. The number of carbonyl (C=O) groups is 1. The first kappa shape index (κ1) is 20.5. The number of methoxy groups -OCH3 is 3. The zero-order chi connectivity index (χ0) is 20.8. The smallest absolute Gasteiger partial charge is 0.310 e. The van der Waals surface area contributed by atoms with Gasteiger partial charge < -0.3 is 23.4 Å². The van der Waals surface area contributed by atoms with Gasteiger partial charge in [0.05, 0.1) is 33.9 Å². The summed E-state index contributed by atoms with van der Waals surface area (Å²) in [5, 5.41) is 0.634. The van der Waals surface area contributed by atoms with Crippen molar-refractivity contribution in [3.05, 3.63) is 59.1 Å². The molecule has 3 rings (SSSR count). The summed E-state index contributed by atoms with van der Waals surface area (Å²) in [6, 6.07) is 10.6. The van der Waals surface area contributed by atoms with Crippen molar-refractivity contribution in [2.45, 2.75) is 13.0 Å². The molecule has 8 heteroatoms. The standard InChI is InChI=1S/C21H20ClNO6/c1-25-16-8-13(9-17(26-2)21(16)27-3)10-20(24)28-12-19-23-11-18(29-19)14-4-6-15(22)7-5-14/h4-9,11H,10,12H2,1-3H3. The van der Waals surface area contributed by atoms with E-state index < -0.39 is 5.97 Å². The van der Waals surface area contributed by atoms with Gasteiger partial charge in [-0.3, -0.25) is 4.79 Å². The van der Waals surface area contributed by atoms with Crippen molar-refractivity contribution >= 4 is 17.6 Å². The van der Waals surface area contributed by atoms with Crippen molar-refractivity contribution in [3.63, 3.8) is 0 Å². The largest absolute Gasteiger partial charge is 0.493 e. The molecule has 7 nitrogen and oxygen atoms in total. The van der Waals surface area contributed by atoms with Crippen LogP contribution in [0, 0.1) is 0 Å². The van der Waals surface area contributed by atoms with Gasteiger partial charge in [-0.05, 0) is 42.0 Å². The summed E-state index contributed by atoms with van der Waals surface area (Å²) in [4.78, 5) is 16.4. The topological polar surface area (TPSA) is 80.0 Å². The highest BCUT2D eigenvalue weighted by molar-refractivity contribution is 6.30. The molecule has 0 bridgehead atoms. The van der Waals surface area contributed by atoms with Crippen LogP contribution in [0.2, 0.25) is 5.02 Å². The van der Waals surface area contributed by atoms with Crippen LogP contribution in [-0.2, 0) is 22.6 Å². The Bertz CT molecular complexity index is 958. The zero-order valence-corrected chi connectivity index (χ0v) is 17.0. The Morgan fingerprint density at radius 3 is 2.28 bits per heavy atom. The third-order valence-electron chi connectivity index (χ3n) is 4.11. The molecule has 2 aromatic carbocycles. The average molecular weight is 418 g/mol. The van der Waals surface area contributed by atoms with Crippen molar-refractivity contribution in [1.82, 2.24) is 4.98 Å². The molecule has 1 aromatic heterocycles. The Morgan fingerprint density at radius 2 is 1.69 bits per heavy atom. The summed E-state index contributed by atoms with van der Waals surface area (Å²) in [6.07, 6.45) is 1.60. The van der Waals surface area contributed by atoms with Crippen molar-refractivity contribution in [1.29, 1.82) is 0 Å². The second-order valence-corrected chi connectivity index (χ2v) is 6.43. The fourth-order valence-corrected chi connectivity index (χ4v) is 2.85. The van der Waals surface area contributed by atoms with Crippen LogP contribution in [0.3, 0.4) is 0 Å². The van der Waals surface area contributed by atoms with Crippen molar-refractivity contribution < 1.29 is 28.2 Å². The molecule has 0 saturated carbocycles. The van der Waals surface area contributed by atoms with Crippen molar-refractivity contribution in [2.75, 3.05) is 21.3 Å². The lowest BCUT2D eigenvalue weighted by molar-refractivity contribution is -0.144. The highest BCUT2D eigenvalue weighted by Crippen LogP contribution is 2.38. The van der Waals surface area contributed by atoms with E-state index in [1.807, 2.05) is 12.1 Å². The molecule has 152 valence electrons. The van der Waals surface area contributed by atoms with Crippen LogP contribution >= 0.6 is 11.6 Å². The minimum atomic E-state index is -0.439. The van der Waals surface area contributed by atoms with E-state index in [9.17, 15) is 4.79 Å². The second kappa shape index (κ2) is 9.34. The number of nitrogens with zero attached hydrogens (tertiary/aromatic N) is 1. The number of oxazole rings is 1. The Balaban J connectivity index is 1.62. The number of benzene rings is 2. The molecule has 29 heavy (non-hydrogen) atoms. The van der Waals surface area contributed by atoms with Gasteiger partial charge in [0.25, 0.3) is 0 Å². The lowest BCUT2D eigenvalue weighted by Gasteiger charge is -2.13. The van der Waals surface area contributed by atoms with E-state index in [0.717, 1.165) is 5.56 Å². The Labute approximate surface area is 173 Å². The highest BCUT2D eigenvalue weighted by Gasteiger charge is 2.16. The second-order valence-electron chi connectivity index (χ2n) is 6.00. The molecular formula is C21H20ClNO6. The number of carbonyl (C=O) groups excluding carboxylic acids is 1. The Morgan fingerprint density at radius 1 is 1.03 bits per heavy atom. The number of hydrogen-bond acceptors (Lipinski definition) is 7. The predicted molar refractivity (Wildman–Crippen MR) is 107 cm³/mol. The average Bonchev–Trinajstić information content (AvgIpc) is 3.21. The van der Waals surface area contributed by atoms with Gasteiger partial charge in [0, 0.05) is 10.6 Å². The van der Waals surface area contributed by atoms with Gasteiger partial charge in [0.1, 0.15) is 0 Å². The molecule has 1 heterocycles. The molecule has 0 fully saturated rings. The molecule has 0 saturated heterocycles. The highest BCUT2D eigenvalue weighted by atomic mass is 35.5. The molecule has 0 aliphatic carbocycles. The van der Waals surface area contributed by atoms with Crippen LogP contribution in [0.25, 0.3) is 11.3 Å². The quantitative estimate of drug-likeness (QED) is 0.505. The van der Waals surface area contributed by atoms with E-state index >= 15 is 0 Å². The summed E-state index contributed by atoms with van der Waals surface area (Å²) >= 11 is 5.88. The fourth-order valence-electron chi connectivity index (χ4n) is 2.72. The van der Waals surface area contributed by atoms with Gasteiger partial charge in [-0.25, -0.2) is 4.98 Å². The number of esters is 1. The first-order chi connectivity index (χ1) is 14.0. The maximum absolute atomic E-state index is 12.2. The van der Waals surface area contributed by atoms with Crippen molar-refractivity contribution in [3.8, 4) is 28.6 Å². The molecule has 0 atom stereocenters. The Kier molecular flexibility index (Phi) is 6.61. The van der Waals surface area contributed by atoms with E-state index in [2.05, 4.69) is 4.98 Å². The number of aromatic nitrogens is 1. The van der Waals surface area contributed by atoms with Crippen LogP contribution < -0.4 is 14.2 Å². The molecule has 0 aliphatic rings. The Hall–Kier alpha value is -3.19. The number of halogens is 1. The monoisotopic (exact) mass is 417 g/mol.